The average molecular weight is 453 g/mol. The molecule has 3 N–H and O–H groups in total. The zero-order valence-electron chi connectivity index (χ0n) is 19.4. The lowest BCUT2D eigenvalue weighted by Crippen LogP contribution is -2.22. The lowest BCUT2D eigenvalue weighted by molar-refractivity contribution is -0.121. The highest BCUT2D eigenvalue weighted by Gasteiger charge is 2.15. The Hall–Kier alpha value is -4.13. The topological polar surface area (TPSA) is 87.6 Å². The highest BCUT2D eigenvalue weighted by atomic mass is 16.1. The molecule has 0 aliphatic heterocycles. The smallest absolute Gasteiger partial charge is 0.220 e. The zero-order chi connectivity index (χ0) is 23.5. The van der Waals surface area contributed by atoms with E-state index in [-0.39, 0.29) is 5.91 Å². The number of aromatic nitrogens is 4. The van der Waals surface area contributed by atoms with E-state index >= 15 is 0 Å². The minimum atomic E-state index is 0.0781. The van der Waals surface area contributed by atoms with Gasteiger partial charge in [0, 0.05) is 38.1 Å². The van der Waals surface area contributed by atoms with Crippen LogP contribution in [0, 0.1) is 0 Å². The normalized spacial score (nSPS) is 11.2. The van der Waals surface area contributed by atoms with Crippen molar-refractivity contribution in [2.75, 3.05) is 12.4 Å². The van der Waals surface area contributed by atoms with Gasteiger partial charge in [0.05, 0.1) is 11.8 Å². The van der Waals surface area contributed by atoms with Crippen molar-refractivity contribution in [3.63, 3.8) is 0 Å². The number of H-pyrrole nitrogens is 1. The summed E-state index contributed by atoms with van der Waals surface area (Å²) in [6.07, 6.45) is 4.09. The van der Waals surface area contributed by atoms with Gasteiger partial charge in [-0.05, 0) is 41.7 Å². The lowest BCUT2D eigenvalue weighted by Gasteiger charge is -2.07. The summed E-state index contributed by atoms with van der Waals surface area (Å²) in [7, 11) is 3.84. The number of pyridine rings is 1. The van der Waals surface area contributed by atoms with Gasteiger partial charge in [-0.3, -0.25) is 4.79 Å². The van der Waals surface area contributed by atoms with Crippen LogP contribution in [0.5, 0.6) is 0 Å². The molecule has 34 heavy (non-hydrogen) atoms. The van der Waals surface area contributed by atoms with E-state index in [1.54, 1.807) is 0 Å². The van der Waals surface area contributed by atoms with Gasteiger partial charge >= 0.3 is 0 Å². The highest BCUT2D eigenvalue weighted by Crippen LogP contribution is 2.31. The summed E-state index contributed by atoms with van der Waals surface area (Å²) in [5, 5.41) is 7.22. The molecule has 0 bridgehead atoms. The molecule has 2 aromatic carbocycles. The molecule has 0 saturated carbocycles. The van der Waals surface area contributed by atoms with Crippen LogP contribution < -0.4 is 10.6 Å². The number of anilines is 1. The van der Waals surface area contributed by atoms with E-state index in [4.69, 9.17) is 4.98 Å². The first kappa shape index (κ1) is 21.7. The maximum absolute atomic E-state index is 12.3. The van der Waals surface area contributed by atoms with Crippen LogP contribution in [-0.4, -0.2) is 32.5 Å². The Morgan fingerprint density at radius 2 is 1.88 bits per heavy atom. The number of aryl methyl sites for hydroxylation is 2. The van der Waals surface area contributed by atoms with E-state index in [0.717, 1.165) is 57.5 Å². The summed E-state index contributed by atoms with van der Waals surface area (Å²) in [6, 6.07) is 20.6. The van der Waals surface area contributed by atoms with Crippen molar-refractivity contribution in [1.29, 1.82) is 0 Å². The van der Waals surface area contributed by atoms with E-state index in [9.17, 15) is 4.79 Å². The van der Waals surface area contributed by atoms with Crippen LogP contribution in [0.1, 0.15) is 24.0 Å². The second-order valence-corrected chi connectivity index (χ2v) is 8.52. The molecular weight excluding hydrogens is 424 g/mol. The quantitative estimate of drug-likeness (QED) is 0.316. The van der Waals surface area contributed by atoms with Crippen LogP contribution in [0.3, 0.4) is 0 Å². The molecule has 5 aromatic rings. The highest BCUT2D eigenvalue weighted by molar-refractivity contribution is 6.07. The molecule has 3 aromatic heterocycles. The number of fused-ring (bicyclic) bond motifs is 3. The Bertz CT molecular complexity index is 1450. The van der Waals surface area contributed by atoms with E-state index in [0.29, 0.717) is 13.0 Å². The standard InChI is InChI=1S/C27H28N6O/c1-28-27-24-25(33(2)17-30-24)21-15-22(31-26(21)32-27)20-12-6-11-19(14-20)16-29-23(34)13-7-10-18-8-4-3-5-9-18/h3-6,8-9,11-12,14-15,17H,7,10,13,16H2,1-2H3,(H,29,34)(H2,28,31,32). The van der Waals surface area contributed by atoms with E-state index < -0.39 is 0 Å². The summed E-state index contributed by atoms with van der Waals surface area (Å²) in [4.78, 5) is 25.0. The molecule has 0 fully saturated rings. The molecule has 0 radical (unpaired) electrons. The fourth-order valence-corrected chi connectivity index (χ4v) is 4.36. The number of rotatable bonds is 8. The van der Waals surface area contributed by atoms with Crippen LogP contribution in [0.15, 0.2) is 67.0 Å². The van der Waals surface area contributed by atoms with Gasteiger partial charge in [0.15, 0.2) is 5.82 Å². The Balaban J connectivity index is 1.29. The number of nitrogens with zero attached hydrogens (tertiary/aromatic N) is 3. The zero-order valence-corrected chi connectivity index (χ0v) is 19.4. The summed E-state index contributed by atoms with van der Waals surface area (Å²) in [6.45, 7) is 0.506. The van der Waals surface area contributed by atoms with Crippen molar-refractivity contribution in [1.82, 2.24) is 24.8 Å². The largest absolute Gasteiger partial charge is 0.371 e. The number of hydrogen-bond donors (Lipinski definition) is 3. The molecule has 5 rings (SSSR count). The second-order valence-electron chi connectivity index (χ2n) is 8.52. The van der Waals surface area contributed by atoms with Crippen molar-refractivity contribution in [3.05, 3.63) is 78.1 Å². The van der Waals surface area contributed by atoms with Crippen molar-refractivity contribution in [2.24, 2.45) is 7.05 Å². The molecule has 0 aliphatic carbocycles. The number of hydrogen-bond acceptors (Lipinski definition) is 4. The van der Waals surface area contributed by atoms with Gasteiger partial charge in [0.25, 0.3) is 0 Å². The fraction of sp³-hybridized carbons (Fsp3) is 0.222. The summed E-state index contributed by atoms with van der Waals surface area (Å²) in [5.41, 5.74) is 7.06. The third-order valence-corrected chi connectivity index (χ3v) is 6.11. The van der Waals surface area contributed by atoms with Gasteiger partial charge in [-0.2, -0.15) is 0 Å². The van der Waals surface area contributed by atoms with Crippen LogP contribution >= 0.6 is 0 Å². The summed E-state index contributed by atoms with van der Waals surface area (Å²) >= 11 is 0. The number of aromatic amines is 1. The molecule has 0 spiro atoms. The predicted octanol–water partition coefficient (Wildman–Crippen LogP) is 4.80. The molecule has 172 valence electrons. The van der Waals surface area contributed by atoms with Gasteiger partial charge in [0.1, 0.15) is 11.2 Å². The maximum atomic E-state index is 12.3. The molecule has 0 saturated heterocycles. The summed E-state index contributed by atoms with van der Waals surface area (Å²) in [5.74, 6) is 0.828. The number of nitrogens with one attached hydrogen (secondary N) is 3. The van der Waals surface area contributed by atoms with Crippen molar-refractivity contribution in [2.45, 2.75) is 25.8 Å². The molecular formula is C27H28N6O. The number of carbonyl (C=O) groups is 1. The number of amides is 1. The van der Waals surface area contributed by atoms with Crippen molar-refractivity contribution in [3.8, 4) is 11.3 Å². The first-order valence-electron chi connectivity index (χ1n) is 11.5. The van der Waals surface area contributed by atoms with Crippen molar-refractivity contribution >= 4 is 33.8 Å². The predicted molar refractivity (Wildman–Crippen MR) is 137 cm³/mol. The minimum absolute atomic E-state index is 0.0781. The minimum Gasteiger partial charge on any atom is -0.371 e. The number of benzene rings is 2. The molecule has 7 nitrogen and oxygen atoms in total. The van der Waals surface area contributed by atoms with Crippen LogP contribution in [0.25, 0.3) is 33.3 Å². The Morgan fingerprint density at radius 3 is 2.71 bits per heavy atom. The van der Waals surface area contributed by atoms with E-state index in [1.165, 1.54) is 5.56 Å². The van der Waals surface area contributed by atoms with Gasteiger partial charge in [-0.15, -0.1) is 0 Å². The Kier molecular flexibility index (Phi) is 5.99. The Morgan fingerprint density at radius 1 is 1.06 bits per heavy atom. The van der Waals surface area contributed by atoms with Gasteiger partial charge < -0.3 is 20.2 Å². The van der Waals surface area contributed by atoms with Crippen LogP contribution in [-0.2, 0) is 24.8 Å². The monoisotopic (exact) mass is 452 g/mol. The first-order valence-corrected chi connectivity index (χ1v) is 11.5. The van der Waals surface area contributed by atoms with Gasteiger partial charge in [0.2, 0.25) is 5.91 Å². The van der Waals surface area contributed by atoms with Crippen molar-refractivity contribution < 1.29 is 4.79 Å². The lowest BCUT2D eigenvalue weighted by atomic mass is 10.1. The van der Waals surface area contributed by atoms with E-state index in [1.807, 2.05) is 55.3 Å². The molecule has 0 aliphatic rings. The fourth-order valence-electron chi connectivity index (χ4n) is 4.36. The third-order valence-electron chi connectivity index (χ3n) is 6.11. The molecule has 1 amide bonds. The number of imidazole rings is 1. The second kappa shape index (κ2) is 9.39. The van der Waals surface area contributed by atoms with Gasteiger partial charge in [-0.25, -0.2) is 9.97 Å². The Labute approximate surface area is 198 Å². The third kappa shape index (κ3) is 4.37. The maximum Gasteiger partial charge on any atom is 0.220 e. The average Bonchev–Trinajstić information content (AvgIpc) is 3.46. The molecule has 0 atom stereocenters. The molecule has 0 unspecified atom stereocenters. The SMILES string of the molecule is CNc1nc2[nH]c(-c3cccc(CNC(=O)CCCc4ccccc4)c3)cc2c2c1ncn2C. The van der Waals surface area contributed by atoms with Crippen LogP contribution in [0.4, 0.5) is 5.82 Å². The number of carbonyl (C=O) groups excluding carboxylic acids is 1. The van der Waals surface area contributed by atoms with E-state index in [2.05, 4.69) is 50.9 Å². The molecule has 3 heterocycles. The molecule has 7 heteroatoms. The first-order chi connectivity index (χ1) is 16.6. The van der Waals surface area contributed by atoms with Crippen LogP contribution in [0.2, 0.25) is 0 Å². The van der Waals surface area contributed by atoms with Gasteiger partial charge in [-0.1, -0.05) is 48.5 Å². The summed E-state index contributed by atoms with van der Waals surface area (Å²) < 4.78 is 2.02.